The number of anilines is 1. The van der Waals surface area contributed by atoms with Gasteiger partial charge >= 0.3 is 0 Å². The maximum Gasteiger partial charge on any atom is 0.242 e. The molecule has 0 amide bonds. The summed E-state index contributed by atoms with van der Waals surface area (Å²) in [5.74, 6) is 0. The molecule has 21 heavy (non-hydrogen) atoms. The topological polar surface area (TPSA) is 85.1 Å². The molecule has 1 aromatic carbocycles. The van der Waals surface area contributed by atoms with Gasteiger partial charge in [0, 0.05) is 23.3 Å². The van der Waals surface area contributed by atoms with E-state index in [4.69, 9.17) is 5.73 Å². The van der Waals surface area contributed by atoms with Gasteiger partial charge in [0.05, 0.1) is 5.52 Å². The van der Waals surface area contributed by atoms with Crippen LogP contribution in [0.2, 0.25) is 0 Å². The average Bonchev–Trinajstić information content (AvgIpc) is 2.45. The lowest BCUT2D eigenvalue weighted by molar-refractivity contribution is 0.535. The van der Waals surface area contributed by atoms with Gasteiger partial charge in [-0.25, -0.2) is 13.1 Å². The second-order valence-corrected chi connectivity index (χ2v) is 6.90. The first-order valence-electron chi connectivity index (χ1n) is 7.11. The number of sulfonamides is 1. The predicted octanol–water partition coefficient (Wildman–Crippen LogP) is 2.67. The molecule has 0 saturated heterocycles. The number of aromatic nitrogens is 1. The molecule has 0 aliphatic rings. The summed E-state index contributed by atoms with van der Waals surface area (Å²) in [6.07, 6.45) is 4.42. The quantitative estimate of drug-likeness (QED) is 0.803. The van der Waals surface area contributed by atoms with Crippen molar-refractivity contribution >= 4 is 26.6 Å². The van der Waals surface area contributed by atoms with Gasteiger partial charge in [-0.1, -0.05) is 19.8 Å². The molecule has 2 rings (SSSR count). The van der Waals surface area contributed by atoms with Crippen molar-refractivity contribution in [1.29, 1.82) is 0 Å². The number of nitrogens with one attached hydrogen (secondary N) is 1. The maximum atomic E-state index is 12.5. The zero-order valence-electron chi connectivity index (χ0n) is 12.3. The van der Waals surface area contributed by atoms with Gasteiger partial charge in [-0.05, 0) is 37.6 Å². The fourth-order valence-electron chi connectivity index (χ4n) is 2.28. The van der Waals surface area contributed by atoms with E-state index in [9.17, 15) is 8.42 Å². The Morgan fingerprint density at radius 1 is 1.33 bits per heavy atom. The third-order valence-corrected chi connectivity index (χ3v) is 5.02. The number of fused-ring (bicyclic) bond motifs is 1. The minimum absolute atomic E-state index is 0.105. The van der Waals surface area contributed by atoms with E-state index in [1.807, 2.05) is 6.92 Å². The number of benzene rings is 1. The smallest absolute Gasteiger partial charge is 0.242 e. The molecule has 1 atom stereocenters. The van der Waals surface area contributed by atoms with Crippen LogP contribution >= 0.6 is 0 Å². The van der Waals surface area contributed by atoms with Gasteiger partial charge in [0.1, 0.15) is 4.90 Å². The van der Waals surface area contributed by atoms with Gasteiger partial charge in [-0.2, -0.15) is 0 Å². The Balaban J connectivity index is 2.39. The standard InChI is InChI=1S/C15H21N3O2S/c1-3-4-6-11(2)18-21(19,20)14-9-8-13(16)12-7-5-10-17-15(12)14/h5,7-11,18H,3-4,6,16H2,1-2H3. The van der Waals surface area contributed by atoms with Gasteiger partial charge in [-0.15, -0.1) is 0 Å². The number of nitrogens with two attached hydrogens (primary N) is 1. The Labute approximate surface area is 125 Å². The summed E-state index contributed by atoms with van der Waals surface area (Å²) in [6.45, 7) is 3.96. The molecule has 1 heterocycles. The molecular formula is C15H21N3O2S. The molecule has 0 aliphatic carbocycles. The molecule has 0 spiro atoms. The highest BCUT2D eigenvalue weighted by atomic mass is 32.2. The third kappa shape index (κ3) is 3.51. The minimum Gasteiger partial charge on any atom is -0.398 e. The SMILES string of the molecule is CCCCC(C)NS(=O)(=O)c1ccc(N)c2cccnc12. The summed E-state index contributed by atoms with van der Waals surface area (Å²) in [7, 11) is -3.60. The molecule has 114 valence electrons. The van der Waals surface area contributed by atoms with Crippen molar-refractivity contribution < 1.29 is 8.42 Å². The number of nitrogens with zero attached hydrogens (tertiary/aromatic N) is 1. The lowest BCUT2D eigenvalue weighted by Gasteiger charge is -2.15. The second kappa shape index (κ2) is 6.41. The summed E-state index contributed by atoms with van der Waals surface area (Å²) in [6, 6.07) is 6.53. The van der Waals surface area contributed by atoms with Crippen LogP contribution in [-0.2, 0) is 10.0 Å². The molecule has 0 saturated carbocycles. The predicted molar refractivity (Wildman–Crippen MR) is 85.5 cm³/mol. The third-order valence-electron chi connectivity index (χ3n) is 3.40. The molecule has 0 radical (unpaired) electrons. The van der Waals surface area contributed by atoms with Crippen molar-refractivity contribution in [2.45, 2.75) is 44.0 Å². The molecular weight excluding hydrogens is 286 g/mol. The van der Waals surface area contributed by atoms with Crippen molar-refractivity contribution in [2.75, 3.05) is 5.73 Å². The first-order valence-corrected chi connectivity index (χ1v) is 8.59. The Morgan fingerprint density at radius 3 is 2.81 bits per heavy atom. The second-order valence-electron chi connectivity index (χ2n) is 5.22. The Morgan fingerprint density at radius 2 is 2.10 bits per heavy atom. The van der Waals surface area contributed by atoms with Gasteiger partial charge in [0.15, 0.2) is 0 Å². The van der Waals surface area contributed by atoms with Crippen molar-refractivity contribution in [3.63, 3.8) is 0 Å². The number of unbranched alkanes of at least 4 members (excludes halogenated alkanes) is 1. The first kappa shape index (κ1) is 15.7. The fraction of sp³-hybridized carbons (Fsp3) is 0.400. The molecule has 0 bridgehead atoms. The summed E-state index contributed by atoms with van der Waals surface area (Å²) in [5.41, 5.74) is 6.81. The molecule has 0 fully saturated rings. The first-order chi connectivity index (χ1) is 9.95. The van der Waals surface area contributed by atoms with Crippen molar-refractivity contribution in [3.8, 4) is 0 Å². The van der Waals surface area contributed by atoms with E-state index in [0.717, 1.165) is 19.3 Å². The molecule has 1 aromatic heterocycles. The average molecular weight is 307 g/mol. The number of hydrogen-bond donors (Lipinski definition) is 2. The summed E-state index contributed by atoms with van der Waals surface area (Å²) in [5, 5.41) is 0.654. The zero-order chi connectivity index (χ0) is 15.5. The Kier molecular flexibility index (Phi) is 4.80. The van der Waals surface area contributed by atoms with E-state index in [1.54, 1.807) is 24.4 Å². The van der Waals surface area contributed by atoms with E-state index >= 15 is 0 Å². The number of rotatable bonds is 6. The summed E-state index contributed by atoms with van der Waals surface area (Å²) < 4.78 is 27.8. The lowest BCUT2D eigenvalue weighted by Crippen LogP contribution is -2.32. The van der Waals surface area contributed by atoms with Crippen LogP contribution in [-0.4, -0.2) is 19.4 Å². The molecule has 3 N–H and O–H groups in total. The largest absolute Gasteiger partial charge is 0.398 e. The van der Waals surface area contributed by atoms with Crippen LogP contribution < -0.4 is 10.5 Å². The van der Waals surface area contributed by atoms with E-state index in [2.05, 4.69) is 16.6 Å². The van der Waals surface area contributed by atoms with E-state index in [0.29, 0.717) is 16.6 Å². The van der Waals surface area contributed by atoms with Gasteiger partial charge in [0.2, 0.25) is 10.0 Å². The van der Waals surface area contributed by atoms with Crippen LogP contribution in [0.25, 0.3) is 10.9 Å². The monoisotopic (exact) mass is 307 g/mol. The van der Waals surface area contributed by atoms with Crippen LogP contribution in [0.5, 0.6) is 0 Å². The van der Waals surface area contributed by atoms with Crippen molar-refractivity contribution in [2.24, 2.45) is 0 Å². The summed E-state index contributed by atoms with van der Waals surface area (Å²) in [4.78, 5) is 4.36. The number of pyridine rings is 1. The van der Waals surface area contributed by atoms with Crippen molar-refractivity contribution in [3.05, 3.63) is 30.5 Å². The van der Waals surface area contributed by atoms with Gasteiger partial charge < -0.3 is 5.73 Å². The highest BCUT2D eigenvalue weighted by Crippen LogP contribution is 2.26. The van der Waals surface area contributed by atoms with Gasteiger partial charge in [0.25, 0.3) is 0 Å². The summed E-state index contributed by atoms with van der Waals surface area (Å²) >= 11 is 0. The molecule has 1 unspecified atom stereocenters. The van der Waals surface area contributed by atoms with Crippen molar-refractivity contribution in [1.82, 2.24) is 9.71 Å². The molecule has 0 aliphatic heterocycles. The molecule has 6 heteroatoms. The lowest BCUT2D eigenvalue weighted by atomic mass is 10.2. The Hall–Kier alpha value is -1.66. The minimum atomic E-state index is -3.60. The number of nitrogen functional groups attached to an aromatic ring is 1. The van der Waals surface area contributed by atoms with Crippen LogP contribution in [0.4, 0.5) is 5.69 Å². The van der Waals surface area contributed by atoms with E-state index in [-0.39, 0.29) is 10.9 Å². The normalized spacial score (nSPS) is 13.4. The number of hydrogen-bond acceptors (Lipinski definition) is 4. The molecule has 2 aromatic rings. The maximum absolute atomic E-state index is 12.5. The highest BCUT2D eigenvalue weighted by Gasteiger charge is 2.21. The van der Waals surface area contributed by atoms with Crippen LogP contribution in [0.3, 0.4) is 0 Å². The van der Waals surface area contributed by atoms with Gasteiger partial charge in [-0.3, -0.25) is 4.98 Å². The Bertz CT molecular complexity index is 729. The van der Waals surface area contributed by atoms with E-state index < -0.39 is 10.0 Å². The van der Waals surface area contributed by atoms with Crippen LogP contribution in [0.15, 0.2) is 35.4 Å². The van der Waals surface area contributed by atoms with Crippen LogP contribution in [0, 0.1) is 0 Å². The zero-order valence-corrected chi connectivity index (χ0v) is 13.2. The molecule has 5 nitrogen and oxygen atoms in total. The highest BCUT2D eigenvalue weighted by molar-refractivity contribution is 7.89. The fourth-order valence-corrected chi connectivity index (χ4v) is 3.72. The van der Waals surface area contributed by atoms with E-state index in [1.165, 1.54) is 6.07 Å². The van der Waals surface area contributed by atoms with Crippen LogP contribution in [0.1, 0.15) is 33.1 Å².